The van der Waals surface area contributed by atoms with Crippen molar-refractivity contribution in [2.75, 3.05) is 5.32 Å². The molecule has 3 aromatic carbocycles. The van der Waals surface area contributed by atoms with Crippen molar-refractivity contribution in [1.82, 2.24) is 5.43 Å². The van der Waals surface area contributed by atoms with Gasteiger partial charge in [-0.1, -0.05) is 41.9 Å². The molecule has 0 bridgehead atoms. The molecule has 0 spiro atoms. The highest BCUT2D eigenvalue weighted by Gasteiger charge is 2.16. The van der Waals surface area contributed by atoms with Crippen LogP contribution in [0.4, 0.5) is 5.69 Å². The number of esters is 1. The number of carbonyl (C=O) groups excluding carboxylic acids is 3. The van der Waals surface area contributed by atoms with Crippen molar-refractivity contribution in [3.63, 3.8) is 0 Å². The Kier molecular flexibility index (Phi) is 7.58. The number of nitrogens with zero attached hydrogens (tertiary/aromatic N) is 1. The van der Waals surface area contributed by atoms with Gasteiger partial charge in [0.15, 0.2) is 0 Å². The Bertz CT molecular complexity index is 1250. The molecule has 0 aliphatic heterocycles. The van der Waals surface area contributed by atoms with Gasteiger partial charge in [-0.05, 0) is 68.3 Å². The van der Waals surface area contributed by atoms with Crippen LogP contribution in [0.1, 0.15) is 34.0 Å². The lowest BCUT2D eigenvalue weighted by Gasteiger charge is -2.11. The van der Waals surface area contributed by atoms with Crippen LogP contribution in [0, 0.1) is 13.8 Å². The van der Waals surface area contributed by atoms with Crippen molar-refractivity contribution >= 4 is 40.8 Å². The SMILES string of the molecule is C/C(=N\NC(=O)C(=O)Nc1cc(C)ccc1C)c1ccccc1OC(=O)c1cccc(Cl)c1. The summed E-state index contributed by atoms with van der Waals surface area (Å²) in [6, 6.07) is 18.7. The highest BCUT2D eigenvalue weighted by Crippen LogP contribution is 2.21. The van der Waals surface area contributed by atoms with Gasteiger partial charge in [-0.2, -0.15) is 5.10 Å². The summed E-state index contributed by atoms with van der Waals surface area (Å²) < 4.78 is 5.49. The molecule has 0 atom stereocenters. The highest BCUT2D eigenvalue weighted by molar-refractivity contribution is 6.39. The lowest BCUT2D eigenvalue weighted by atomic mass is 10.1. The first-order valence-corrected chi connectivity index (χ1v) is 10.4. The number of hydrogen-bond acceptors (Lipinski definition) is 5. The molecule has 168 valence electrons. The van der Waals surface area contributed by atoms with Crippen molar-refractivity contribution in [3.05, 3.63) is 94.0 Å². The third-order valence-electron chi connectivity index (χ3n) is 4.71. The van der Waals surface area contributed by atoms with Crippen LogP contribution in [-0.4, -0.2) is 23.5 Å². The van der Waals surface area contributed by atoms with Crippen LogP contribution in [0.2, 0.25) is 5.02 Å². The molecule has 0 aliphatic rings. The van der Waals surface area contributed by atoms with Crippen molar-refractivity contribution in [3.8, 4) is 5.75 Å². The molecule has 8 heteroatoms. The quantitative estimate of drug-likeness (QED) is 0.189. The maximum Gasteiger partial charge on any atom is 0.343 e. The predicted octanol–water partition coefficient (Wildman–Crippen LogP) is 4.65. The molecule has 0 aromatic heterocycles. The summed E-state index contributed by atoms with van der Waals surface area (Å²) in [6.07, 6.45) is 0. The molecular weight excluding hydrogens is 442 g/mol. The second kappa shape index (κ2) is 10.6. The van der Waals surface area contributed by atoms with E-state index in [1.165, 1.54) is 6.07 Å². The van der Waals surface area contributed by atoms with Crippen molar-refractivity contribution < 1.29 is 19.1 Å². The number of benzene rings is 3. The Labute approximate surface area is 196 Å². The van der Waals surface area contributed by atoms with Crippen LogP contribution >= 0.6 is 11.6 Å². The molecular formula is C25H22ClN3O4. The van der Waals surface area contributed by atoms with Gasteiger partial charge < -0.3 is 10.1 Å². The van der Waals surface area contributed by atoms with Gasteiger partial charge >= 0.3 is 17.8 Å². The van der Waals surface area contributed by atoms with E-state index in [2.05, 4.69) is 15.8 Å². The summed E-state index contributed by atoms with van der Waals surface area (Å²) in [7, 11) is 0. The maximum absolute atomic E-state index is 12.5. The first kappa shape index (κ1) is 23.7. The zero-order chi connectivity index (χ0) is 24.0. The zero-order valence-electron chi connectivity index (χ0n) is 18.3. The Morgan fingerprint density at radius 1 is 0.909 bits per heavy atom. The predicted molar refractivity (Wildman–Crippen MR) is 128 cm³/mol. The Hall–Kier alpha value is -3.97. The van der Waals surface area contributed by atoms with E-state index in [1.807, 2.05) is 26.0 Å². The van der Waals surface area contributed by atoms with E-state index in [1.54, 1.807) is 55.5 Å². The molecule has 33 heavy (non-hydrogen) atoms. The van der Waals surface area contributed by atoms with Gasteiger partial charge in [0, 0.05) is 16.3 Å². The van der Waals surface area contributed by atoms with Gasteiger partial charge in [0.2, 0.25) is 0 Å². The number of hydrogen-bond donors (Lipinski definition) is 2. The lowest BCUT2D eigenvalue weighted by molar-refractivity contribution is -0.136. The van der Waals surface area contributed by atoms with Crippen LogP contribution in [-0.2, 0) is 9.59 Å². The summed E-state index contributed by atoms with van der Waals surface area (Å²) in [5.41, 5.74) is 5.68. The molecule has 0 unspecified atom stereocenters. The Balaban J connectivity index is 1.70. The minimum Gasteiger partial charge on any atom is -0.422 e. The van der Waals surface area contributed by atoms with E-state index >= 15 is 0 Å². The second-order valence-corrected chi connectivity index (χ2v) is 7.74. The average molecular weight is 464 g/mol. The molecule has 0 aliphatic carbocycles. The number of nitrogens with one attached hydrogen (secondary N) is 2. The summed E-state index contributed by atoms with van der Waals surface area (Å²) in [5.74, 6) is -2.11. The third-order valence-corrected chi connectivity index (χ3v) is 4.95. The fourth-order valence-corrected chi connectivity index (χ4v) is 3.11. The van der Waals surface area contributed by atoms with E-state index in [0.717, 1.165) is 11.1 Å². The second-order valence-electron chi connectivity index (χ2n) is 7.31. The van der Waals surface area contributed by atoms with Crippen LogP contribution in [0.15, 0.2) is 71.8 Å². The summed E-state index contributed by atoms with van der Waals surface area (Å²) in [4.78, 5) is 37.0. The Morgan fingerprint density at radius 3 is 2.42 bits per heavy atom. The first-order valence-electron chi connectivity index (χ1n) is 10.0. The zero-order valence-corrected chi connectivity index (χ0v) is 19.1. The van der Waals surface area contributed by atoms with Crippen molar-refractivity contribution in [2.45, 2.75) is 20.8 Å². The van der Waals surface area contributed by atoms with Gasteiger partial charge in [-0.15, -0.1) is 0 Å². The molecule has 0 heterocycles. The topological polar surface area (TPSA) is 96.9 Å². The molecule has 3 rings (SSSR count). The minimum atomic E-state index is -0.927. The van der Waals surface area contributed by atoms with E-state index in [9.17, 15) is 14.4 Å². The summed E-state index contributed by atoms with van der Waals surface area (Å²) in [6.45, 7) is 5.34. The van der Waals surface area contributed by atoms with Gasteiger partial charge in [0.1, 0.15) is 5.75 Å². The van der Waals surface area contributed by atoms with Crippen LogP contribution in [0.3, 0.4) is 0 Å². The summed E-state index contributed by atoms with van der Waals surface area (Å²) >= 11 is 5.94. The smallest absolute Gasteiger partial charge is 0.343 e. The maximum atomic E-state index is 12.5. The van der Waals surface area contributed by atoms with Gasteiger partial charge in [-0.3, -0.25) is 9.59 Å². The largest absolute Gasteiger partial charge is 0.422 e. The fraction of sp³-hybridized carbons (Fsp3) is 0.120. The molecule has 0 radical (unpaired) electrons. The third kappa shape index (κ3) is 6.27. The molecule has 2 N–H and O–H groups in total. The number of para-hydroxylation sites is 1. The number of ether oxygens (including phenoxy) is 1. The molecule has 0 saturated heterocycles. The standard InChI is InChI=1S/C25H22ClN3O4/c1-15-11-12-16(2)21(13-15)27-23(30)24(31)29-28-17(3)20-9-4-5-10-22(20)33-25(32)18-7-6-8-19(26)14-18/h4-14H,1-3H3,(H,27,30)(H,29,31)/b28-17+. The number of anilines is 1. The van der Waals surface area contributed by atoms with E-state index in [4.69, 9.17) is 16.3 Å². The normalized spacial score (nSPS) is 11.0. The lowest BCUT2D eigenvalue weighted by Crippen LogP contribution is -2.33. The number of halogens is 1. The highest BCUT2D eigenvalue weighted by atomic mass is 35.5. The number of carbonyl (C=O) groups is 3. The van der Waals surface area contributed by atoms with Gasteiger partial charge in [0.25, 0.3) is 0 Å². The van der Waals surface area contributed by atoms with Crippen LogP contribution in [0.5, 0.6) is 5.75 Å². The van der Waals surface area contributed by atoms with Crippen molar-refractivity contribution in [1.29, 1.82) is 0 Å². The van der Waals surface area contributed by atoms with E-state index in [0.29, 0.717) is 27.5 Å². The number of rotatable bonds is 5. The van der Waals surface area contributed by atoms with E-state index < -0.39 is 17.8 Å². The first-order chi connectivity index (χ1) is 15.7. The average Bonchev–Trinajstić information content (AvgIpc) is 2.80. The van der Waals surface area contributed by atoms with E-state index in [-0.39, 0.29) is 5.75 Å². The molecule has 7 nitrogen and oxygen atoms in total. The van der Waals surface area contributed by atoms with Crippen LogP contribution in [0.25, 0.3) is 0 Å². The van der Waals surface area contributed by atoms with Gasteiger partial charge in [0.05, 0.1) is 11.3 Å². The summed E-state index contributed by atoms with van der Waals surface area (Å²) in [5, 5.41) is 6.98. The Morgan fingerprint density at radius 2 is 1.67 bits per heavy atom. The van der Waals surface area contributed by atoms with Crippen molar-refractivity contribution in [2.24, 2.45) is 5.10 Å². The van der Waals surface area contributed by atoms with Crippen LogP contribution < -0.4 is 15.5 Å². The number of amides is 2. The number of aryl methyl sites for hydroxylation is 2. The molecule has 0 saturated carbocycles. The minimum absolute atomic E-state index is 0.248. The molecule has 2 amide bonds. The monoisotopic (exact) mass is 463 g/mol. The fourth-order valence-electron chi connectivity index (χ4n) is 2.92. The molecule has 3 aromatic rings. The van der Waals surface area contributed by atoms with Gasteiger partial charge in [-0.25, -0.2) is 10.2 Å². The molecule has 0 fully saturated rings. The number of hydrazone groups is 1.